The molecule has 2 atom stereocenters. The molecule has 1 aliphatic rings. The highest BCUT2D eigenvalue weighted by Gasteiger charge is 2.33. The van der Waals surface area contributed by atoms with Gasteiger partial charge in [0.25, 0.3) is 0 Å². The molecule has 4 rings (SSSR count). The van der Waals surface area contributed by atoms with E-state index >= 15 is 0 Å². The summed E-state index contributed by atoms with van der Waals surface area (Å²) in [5.41, 5.74) is 11.4. The van der Waals surface area contributed by atoms with Crippen molar-refractivity contribution in [3.8, 4) is 11.5 Å². The molecule has 0 saturated heterocycles. The van der Waals surface area contributed by atoms with Gasteiger partial charge in [0.15, 0.2) is 0 Å². The lowest BCUT2D eigenvalue weighted by atomic mass is 9.76. The van der Waals surface area contributed by atoms with Gasteiger partial charge in [0.1, 0.15) is 11.5 Å². The van der Waals surface area contributed by atoms with E-state index in [0.29, 0.717) is 6.61 Å². The smallest absolute Gasteiger partial charge is 0.126 e. The van der Waals surface area contributed by atoms with Crippen LogP contribution in [0, 0.1) is 6.92 Å². The number of anilines is 1. The molecule has 25 heavy (non-hydrogen) atoms. The van der Waals surface area contributed by atoms with Gasteiger partial charge in [-0.3, -0.25) is 0 Å². The summed E-state index contributed by atoms with van der Waals surface area (Å²) in [5.74, 6) is 1.35. The van der Waals surface area contributed by atoms with Gasteiger partial charge in [-0.2, -0.15) is 0 Å². The van der Waals surface area contributed by atoms with Crippen LogP contribution in [-0.4, -0.2) is 11.7 Å². The van der Waals surface area contributed by atoms with Crippen molar-refractivity contribution in [1.29, 1.82) is 0 Å². The number of hydrogen-bond donors (Lipinski definition) is 2. The molecule has 0 aromatic heterocycles. The second-order valence-corrected chi connectivity index (χ2v) is 6.69. The molecule has 3 nitrogen and oxygen atoms in total. The predicted molar refractivity (Wildman–Crippen MR) is 100 cm³/mol. The van der Waals surface area contributed by atoms with E-state index in [2.05, 4.69) is 43.3 Å². The minimum atomic E-state index is 0.160. The second kappa shape index (κ2) is 6.17. The molecule has 0 saturated carbocycles. The van der Waals surface area contributed by atoms with Crippen molar-refractivity contribution >= 4 is 5.69 Å². The largest absolute Gasteiger partial charge is 0.508 e. The number of benzene rings is 3. The van der Waals surface area contributed by atoms with Crippen LogP contribution in [0.4, 0.5) is 5.69 Å². The lowest BCUT2D eigenvalue weighted by molar-refractivity contribution is 0.248. The zero-order valence-corrected chi connectivity index (χ0v) is 14.1. The standard InChI is InChI=1S/C22H21NO2/c1-14-2-4-15(5-3-14)20-13-25-21-12-18(24)10-11-19(21)22(20)16-6-8-17(23)9-7-16/h2-12,20,22,24H,13,23H2,1H3. The van der Waals surface area contributed by atoms with Crippen LogP contribution in [0.3, 0.4) is 0 Å². The van der Waals surface area contributed by atoms with Crippen LogP contribution in [0.25, 0.3) is 0 Å². The Balaban J connectivity index is 1.84. The Labute approximate surface area is 147 Å². The van der Waals surface area contributed by atoms with E-state index in [1.807, 2.05) is 18.2 Å². The van der Waals surface area contributed by atoms with Gasteiger partial charge in [0, 0.05) is 29.2 Å². The maximum Gasteiger partial charge on any atom is 0.126 e. The van der Waals surface area contributed by atoms with Crippen LogP contribution >= 0.6 is 0 Å². The molecule has 0 fully saturated rings. The fourth-order valence-corrected chi connectivity index (χ4v) is 3.62. The van der Waals surface area contributed by atoms with E-state index in [4.69, 9.17) is 10.5 Å². The third-order valence-corrected chi connectivity index (χ3v) is 4.95. The number of aromatic hydroxyl groups is 1. The van der Waals surface area contributed by atoms with Gasteiger partial charge in [0.2, 0.25) is 0 Å². The summed E-state index contributed by atoms with van der Waals surface area (Å²) in [6.07, 6.45) is 0. The monoisotopic (exact) mass is 331 g/mol. The summed E-state index contributed by atoms with van der Waals surface area (Å²) in [4.78, 5) is 0. The van der Waals surface area contributed by atoms with Gasteiger partial charge >= 0.3 is 0 Å². The predicted octanol–water partition coefficient (Wildman–Crippen LogP) is 4.59. The summed E-state index contributed by atoms with van der Waals surface area (Å²) in [5, 5.41) is 9.80. The van der Waals surface area contributed by atoms with Crippen LogP contribution in [0.2, 0.25) is 0 Å². The molecule has 0 aliphatic carbocycles. The SMILES string of the molecule is Cc1ccc(C2COc3cc(O)ccc3C2c2ccc(N)cc2)cc1. The van der Waals surface area contributed by atoms with Crippen molar-refractivity contribution in [2.45, 2.75) is 18.8 Å². The minimum Gasteiger partial charge on any atom is -0.508 e. The molecule has 2 unspecified atom stereocenters. The Morgan fingerprint density at radius 2 is 1.60 bits per heavy atom. The first-order valence-electron chi connectivity index (χ1n) is 8.49. The Bertz CT molecular complexity index is 885. The Hall–Kier alpha value is -2.94. The molecule has 3 aromatic carbocycles. The number of nitrogens with two attached hydrogens (primary N) is 1. The van der Waals surface area contributed by atoms with E-state index < -0.39 is 0 Å². The third kappa shape index (κ3) is 2.93. The van der Waals surface area contributed by atoms with Crippen LogP contribution < -0.4 is 10.5 Å². The Morgan fingerprint density at radius 3 is 2.32 bits per heavy atom. The summed E-state index contributed by atoms with van der Waals surface area (Å²) in [6, 6.07) is 22.1. The van der Waals surface area contributed by atoms with Crippen molar-refractivity contribution in [2.24, 2.45) is 0 Å². The van der Waals surface area contributed by atoms with Crippen LogP contribution in [0.1, 0.15) is 34.1 Å². The molecule has 1 aliphatic heterocycles. The minimum absolute atomic E-state index is 0.160. The van der Waals surface area contributed by atoms with E-state index in [9.17, 15) is 5.11 Å². The highest BCUT2D eigenvalue weighted by atomic mass is 16.5. The third-order valence-electron chi connectivity index (χ3n) is 4.95. The summed E-state index contributed by atoms with van der Waals surface area (Å²) in [6.45, 7) is 2.67. The summed E-state index contributed by atoms with van der Waals surface area (Å²) >= 11 is 0. The fourth-order valence-electron chi connectivity index (χ4n) is 3.62. The zero-order valence-electron chi connectivity index (χ0n) is 14.1. The summed E-state index contributed by atoms with van der Waals surface area (Å²) in [7, 11) is 0. The van der Waals surface area contributed by atoms with Gasteiger partial charge in [-0.05, 0) is 36.2 Å². The molecular weight excluding hydrogens is 310 g/mol. The molecular formula is C22H21NO2. The fraction of sp³-hybridized carbons (Fsp3) is 0.182. The topological polar surface area (TPSA) is 55.5 Å². The first kappa shape index (κ1) is 15.6. The Kier molecular flexibility index (Phi) is 3.85. The maximum absolute atomic E-state index is 9.80. The number of fused-ring (bicyclic) bond motifs is 1. The average molecular weight is 331 g/mol. The van der Waals surface area contributed by atoms with Gasteiger partial charge in [-0.15, -0.1) is 0 Å². The molecule has 1 heterocycles. The van der Waals surface area contributed by atoms with Crippen LogP contribution in [0.15, 0.2) is 66.7 Å². The molecule has 0 spiro atoms. The highest BCUT2D eigenvalue weighted by molar-refractivity contribution is 5.52. The van der Waals surface area contributed by atoms with E-state index in [1.54, 1.807) is 12.1 Å². The molecule has 0 bridgehead atoms. The van der Waals surface area contributed by atoms with Crippen molar-refractivity contribution in [1.82, 2.24) is 0 Å². The lowest BCUT2D eigenvalue weighted by Gasteiger charge is -2.34. The average Bonchev–Trinajstić information content (AvgIpc) is 2.62. The lowest BCUT2D eigenvalue weighted by Crippen LogP contribution is -2.25. The molecule has 3 aromatic rings. The van der Waals surface area contributed by atoms with Crippen molar-refractivity contribution < 1.29 is 9.84 Å². The normalized spacial score (nSPS) is 19.1. The quantitative estimate of drug-likeness (QED) is 0.675. The zero-order chi connectivity index (χ0) is 17.4. The number of rotatable bonds is 2. The number of nitrogen functional groups attached to an aromatic ring is 1. The van der Waals surface area contributed by atoms with E-state index in [-0.39, 0.29) is 17.6 Å². The second-order valence-electron chi connectivity index (χ2n) is 6.69. The highest BCUT2D eigenvalue weighted by Crippen LogP contribution is 2.46. The van der Waals surface area contributed by atoms with E-state index in [1.165, 1.54) is 16.7 Å². The number of phenols is 1. The Morgan fingerprint density at radius 1 is 0.920 bits per heavy atom. The van der Waals surface area contributed by atoms with Crippen LogP contribution in [-0.2, 0) is 0 Å². The van der Waals surface area contributed by atoms with Crippen LogP contribution in [0.5, 0.6) is 11.5 Å². The number of hydrogen-bond acceptors (Lipinski definition) is 3. The number of ether oxygens (including phenoxy) is 1. The molecule has 126 valence electrons. The first-order valence-corrected chi connectivity index (χ1v) is 8.49. The van der Waals surface area contributed by atoms with Crippen molar-refractivity contribution in [3.05, 3.63) is 89.0 Å². The van der Waals surface area contributed by atoms with Gasteiger partial charge in [-0.25, -0.2) is 0 Å². The maximum atomic E-state index is 9.80. The molecule has 0 radical (unpaired) electrons. The molecule has 0 amide bonds. The van der Waals surface area contributed by atoms with Gasteiger partial charge in [0.05, 0.1) is 6.61 Å². The summed E-state index contributed by atoms with van der Waals surface area (Å²) < 4.78 is 5.99. The first-order chi connectivity index (χ1) is 12.1. The molecule has 3 N–H and O–H groups in total. The van der Waals surface area contributed by atoms with Crippen molar-refractivity contribution in [3.63, 3.8) is 0 Å². The van der Waals surface area contributed by atoms with Gasteiger partial charge < -0.3 is 15.6 Å². The molecule has 3 heteroatoms. The van der Waals surface area contributed by atoms with Gasteiger partial charge in [-0.1, -0.05) is 48.0 Å². The van der Waals surface area contributed by atoms with Crippen molar-refractivity contribution in [2.75, 3.05) is 12.3 Å². The number of phenolic OH excluding ortho intramolecular Hbond substituents is 1. The van der Waals surface area contributed by atoms with E-state index in [0.717, 1.165) is 17.0 Å². The number of aryl methyl sites for hydroxylation is 1.